The Kier molecular flexibility index (Phi) is 4.42. The molecule has 15 heavy (non-hydrogen) atoms. The van der Waals surface area contributed by atoms with Crippen molar-refractivity contribution in [1.29, 1.82) is 0 Å². The molecule has 0 unspecified atom stereocenters. The van der Waals surface area contributed by atoms with Crippen molar-refractivity contribution in [2.75, 3.05) is 5.75 Å². The third kappa shape index (κ3) is 3.43. The summed E-state index contributed by atoms with van der Waals surface area (Å²) in [6.45, 7) is 1.84. The highest BCUT2D eigenvalue weighted by Gasteiger charge is 2.04. The minimum absolute atomic E-state index is 0.455. The van der Waals surface area contributed by atoms with E-state index < -0.39 is 5.97 Å². The lowest BCUT2D eigenvalue weighted by atomic mass is 10.2. The number of nitrogens with zero attached hydrogens (tertiary/aromatic N) is 2. The number of aliphatic carboxylic acids is 1. The number of thioether (sulfide) groups is 1. The fourth-order valence-corrected chi connectivity index (χ4v) is 1.92. The molecule has 1 rings (SSSR count). The third-order valence-electron chi connectivity index (χ3n) is 1.97. The van der Waals surface area contributed by atoms with E-state index in [4.69, 9.17) is 5.11 Å². The highest BCUT2D eigenvalue weighted by molar-refractivity contribution is 7.99. The van der Waals surface area contributed by atoms with Crippen LogP contribution in [0.3, 0.4) is 0 Å². The molecule has 0 aliphatic heterocycles. The van der Waals surface area contributed by atoms with Gasteiger partial charge in [-0.1, -0.05) is 24.8 Å². The predicted molar refractivity (Wildman–Crippen MR) is 59.9 cm³/mol. The van der Waals surface area contributed by atoms with Gasteiger partial charge in [-0.3, -0.25) is 0 Å². The third-order valence-corrected chi connectivity index (χ3v) is 2.96. The zero-order chi connectivity index (χ0) is 11.3. The smallest absolute Gasteiger partial charge is 0.331 e. The van der Waals surface area contributed by atoms with Crippen LogP contribution in [0.5, 0.6) is 0 Å². The van der Waals surface area contributed by atoms with Crippen LogP contribution in [0.4, 0.5) is 0 Å². The van der Waals surface area contributed by atoms with Gasteiger partial charge in [0.05, 0.1) is 0 Å². The van der Waals surface area contributed by atoms with E-state index in [0.717, 1.165) is 5.16 Å². The summed E-state index contributed by atoms with van der Waals surface area (Å²) in [5.41, 5.74) is 0.455. The number of carbonyl (C=O) groups is 1. The predicted octanol–water partition coefficient (Wildman–Crippen LogP) is 1.93. The number of imidazole rings is 1. The molecule has 0 saturated heterocycles. The van der Waals surface area contributed by atoms with Gasteiger partial charge in [0.15, 0.2) is 5.16 Å². The molecule has 1 heterocycles. The summed E-state index contributed by atoms with van der Waals surface area (Å²) in [4.78, 5) is 14.8. The molecule has 0 spiro atoms. The molecule has 0 saturated carbocycles. The molecular weight excluding hydrogens is 212 g/mol. The Balaban J connectivity index is 2.51. The minimum atomic E-state index is -0.835. The van der Waals surface area contributed by atoms with E-state index in [0.29, 0.717) is 17.7 Å². The SMILES string of the molecule is CCC(=CCSc1nccn1C)C(=O)O. The van der Waals surface area contributed by atoms with E-state index in [1.54, 1.807) is 12.3 Å². The monoisotopic (exact) mass is 226 g/mol. The lowest BCUT2D eigenvalue weighted by molar-refractivity contribution is -0.132. The topological polar surface area (TPSA) is 55.1 Å². The van der Waals surface area contributed by atoms with E-state index >= 15 is 0 Å². The highest BCUT2D eigenvalue weighted by Crippen LogP contribution is 2.15. The van der Waals surface area contributed by atoms with Crippen molar-refractivity contribution in [3.05, 3.63) is 24.0 Å². The van der Waals surface area contributed by atoms with Gasteiger partial charge in [0, 0.05) is 30.8 Å². The van der Waals surface area contributed by atoms with Crippen LogP contribution in [0.2, 0.25) is 0 Å². The Labute approximate surface area is 93.0 Å². The van der Waals surface area contributed by atoms with Crippen molar-refractivity contribution in [3.8, 4) is 0 Å². The van der Waals surface area contributed by atoms with E-state index in [2.05, 4.69) is 4.98 Å². The lowest BCUT2D eigenvalue weighted by Crippen LogP contribution is -1.99. The molecule has 0 aliphatic carbocycles. The lowest BCUT2D eigenvalue weighted by Gasteiger charge is -1.99. The first kappa shape index (κ1) is 11.8. The van der Waals surface area contributed by atoms with Crippen LogP contribution in [0.1, 0.15) is 13.3 Å². The summed E-state index contributed by atoms with van der Waals surface area (Å²) in [5.74, 6) is -0.196. The number of rotatable bonds is 5. The fourth-order valence-electron chi connectivity index (χ4n) is 1.09. The van der Waals surface area contributed by atoms with Crippen LogP contribution >= 0.6 is 11.8 Å². The first-order chi connectivity index (χ1) is 7.15. The van der Waals surface area contributed by atoms with Crippen molar-refractivity contribution in [2.45, 2.75) is 18.5 Å². The number of hydrogen-bond donors (Lipinski definition) is 1. The molecule has 1 aromatic rings. The van der Waals surface area contributed by atoms with Crippen molar-refractivity contribution in [2.24, 2.45) is 7.05 Å². The molecule has 0 bridgehead atoms. The Bertz CT molecular complexity index is 371. The summed E-state index contributed by atoms with van der Waals surface area (Å²) in [5, 5.41) is 9.68. The molecule has 0 atom stereocenters. The average Bonchev–Trinajstić information content (AvgIpc) is 2.58. The Morgan fingerprint density at radius 3 is 2.93 bits per heavy atom. The van der Waals surface area contributed by atoms with Crippen LogP contribution in [-0.4, -0.2) is 26.4 Å². The maximum Gasteiger partial charge on any atom is 0.331 e. The zero-order valence-electron chi connectivity index (χ0n) is 8.80. The van der Waals surface area contributed by atoms with Crippen molar-refractivity contribution < 1.29 is 9.90 Å². The molecular formula is C10H14N2O2S. The van der Waals surface area contributed by atoms with Gasteiger partial charge in [-0.2, -0.15) is 0 Å². The first-order valence-electron chi connectivity index (χ1n) is 4.67. The van der Waals surface area contributed by atoms with Crippen LogP contribution in [0.25, 0.3) is 0 Å². The van der Waals surface area contributed by atoms with Crippen molar-refractivity contribution in [1.82, 2.24) is 9.55 Å². The van der Waals surface area contributed by atoms with Crippen LogP contribution in [0.15, 0.2) is 29.2 Å². The minimum Gasteiger partial charge on any atom is -0.478 e. The molecule has 0 amide bonds. The second-order valence-corrected chi connectivity index (χ2v) is 4.01. The number of aromatic nitrogens is 2. The van der Waals surface area contributed by atoms with E-state index in [-0.39, 0.29) is 0 Å². The molecule has 1 aromatic heterocycles. The quantitative estimate of drug-likeness (QED) is 0.615. The molecule has 4 nitrogen and oxygen atoms in total. The van der Waals surface area contributed by atoms with Crippen LogP contribution < -0.4 is 0 Å². The maximum absolute atomic E-state index is 10.7. The highest BCUT2D eigenvalue weighted by atomic mass is 32.2. The standard InChI is InChI=1S/C10H14N2O2S/c1-3-8(9(13)14)4-7-15-10-11-5-6-12(10)2/h4-6H,3,7H2,1-2H3,(H,13,14). The molecule has 82 valence electrons. The fraction of sp³-hybridized carbons (Fsp3) is 0.400. The van der Waals surface area contributed by atoms with E-state index in [1.807, 2.05) is 24.7 Å². The number of carboxylic acids is 1. The van der Waals surface area contributed by atoms with Gasteiger partial charge in [-0.15, -0.1) is 0 Å². The summed E-state index contributed by atoms with van der Waals surface area (Å²) in [7, 11) is 1.91. The molecule has 0 radical (unpaired) electrons. The molecule has 0 aromatic carbocycles. The normalized spacial score (nSPS) is 11.7. The Morgan fingerprint density at radius 1 is 1.73 bits per heavy atom. The molecule has 1 N–H and O–H groups in total. The maximum atomic E-state index is 10.7. The van der Waals surface area contributed by atoms with Gasteiger partial charge >= 0.3 is 5.97 Å². The number of hydrogen-bond acceptors (Lipinski definition) is 3. The van der Waals surface area contributed by atoms with Gasteiger partial charge in [0.1, 0.15) is 0 Å². The average molecular weight is 226 g/mol. The summed E-state index contributed by atoms with van der Waals surface area (Å²) in [6, 6.07) is 0. The summed E-state index contributed by atoms with van der Waals surface area (Å²) in [6.07, 6.45) is 5.88. The van der Waals surface area contributed by atoms with Gasteiger partial charge in [0.2, 0.25) is 0 Å². The van der Waals surface area contributed by atoms with Crippen LogP contribution in [-0.2, 0) is 11.8 Å². The van der Waals surface area contributed by atoms with Gasteiger partial charge in [0.25, 0.3) is 0 Å². The van der Waals surface area contributed by atoms with E-state index in [1.165, 1.54) is 11.8 Å². The van der Waals surface area contributed by atoms with Gasteiger partial charge < -0.3 is 9.67 Å². The molecule has 5 heteroatoms. The first-order valence-corrected chi connectivity index (χ1v) is 5.66. The largest absolute Gasteiger partial charge is 0.478 e. The Hall–Kier alpha value is -1.23. The van der Waals surface area contributed by atoms with E-state index in [9.17, 15) is 4.79 Å². The molecule has 0 aliphatic rings. The van der Waals surface area contributed by atoms with Gasteiger partial charge in [-0.05, 0) is 6.42 Å². The molecule has 0 fully saturated rings. The van der Waals surface area contributed by atoms with Crippen LogP contribution in [0, 0.1) is 0 Å². The van der Waals surface area contributed by atoms with Crippen molar-refractivity contribution in [3.63, 3.8) is 0 Å². The van der Waals surface area contributed by atoms with Gasteiger partial charge in [-0.25, -0.2) is 9.78 Å². The zero-order valence-corrected chi connectivity index (χ0v) is 9.62. The Morgan fingerprint density at radius 2 is 2.47 bits per heavy atom. The summed E-state index contributed by atoms with van der Waals surface area (Å²) >= 11 is 1.53. The number of carboxylic acid groups (broad SMARTS) is 1. The number of aryl methyl sites for hydroxylation is 1. The summed E-state index contributed by atoms with van der Waals surface area (Å²) < 4.78 is 1.91. The second-order valence-electron chi connectivity index (χ2n) is 3.02. The second kappa shape index (κ2) is 5.60. The van der Waals surface area contributed by atoms with Crippen molar-refractivity contribution >= 4 is 17.7 Å².